The molecule has 0 aliphatic carbocycles. The lowest BCUT2D eigenvalue weighted by atomic mass is 10.2. The zero-order chi connectivity index (χ0) is 18.8. The monoisotopic (exact) mass is 407 g/mol. The van der Waals surface area contributed by atoms with Crippen LogP contribution in [0, 0.1) is 0 Å². The lowest BCUT2D eigenvalue weighted by Crippen LogP contribution is -2.34. The first-order chi connectivity index (χ1) is 11.6. The molecule has 0 saturated heterocycles. The Kier molecular flexibility index (Phi) is 5.68. The van der Waals surface area contributed by atoms with Crippen LogP contribution in [0.15, 0.2) is 38.9 Å². The minimum Gasteiger partial charge on any atom is -0.478 e. The van der Waals surface area contributed by atoms with Gasteiger partial charge in [0.15, 0.2) is 0 Å². The van der Waals surface area contributed by atoms with E-state index in [4.69, 9.17) is 28.3 Å². The van der Waals surface area contributed by atoms with Crippen LogP contribution in [0.2, 0.25) is 10.0 Å². The van der Waals surface area contributed by atoms with Gasteiger partial charge in [0.05, 0.1) is 15.6 Å². The summed E-state index contributed by atoms with van der Waals surface area (Å²) >= 11 is 11.6. The molecule has 0 radical (unpaired) electrons. The van der Waals surface area contributed by atoms with Crippen LogP contribution in [0.25, 0.3) is 0 Å². The van der Waals surface area contributed by atoms with Crippen molar-refractivity contribution in [3.8, 4) is 0 Å². The number of nitrogens with zero attached hydrogens (tertiary/aromatic N) is 1. The number of aromatic carboxylic acids is 1. The number of sulfonamides is 1. The SMILES string of the molecule is O=C(O)c1cc(Cl)c(Cl)c(S(=O)(=O)NCCn2ccc(=O)[nH]c2=O)c1. The zero-order valence-corrected chi connectivity index (χ0v) is 14.7. The Balaban J connectivity index is 2.23. The molecular weight excluding hydrogens is 397 g/mol. The number of aromatic amines is 1. The molecule has 2 aromatic rings. The van der Waals surface area contributed by atoms with Gasteiger partial charge in [-0.3, -0.25) is 14.3 Å². The Morgan fingerprint density at radius 3 is 2.56 bits per heavy atom. The van der Waals surface area contributed by atoms with Crippen LogP contribution in [0.3, 0.4) is 0 Å². The van der Waals surface area contributed by atoms with Crippen molar-refractivity contribution < 1.29 is 18.3 Å². The number of hydrogen-bond acceptors (Lipinski definition) is 5. The Hall–Kier alpha value is -2.14. The molecule has 9 nitrogen and oxygen atoms in total. The van der Waals surface area contributed by atoms with E-state index in [1.54, 1.807) is 0 Å². The van der Waals surface area contributed by atoms with Crippen molar-refractivity contribution in [3.63, 3.8) is 0 Å². The number of carboxylic acid groups (broad SMARTS) is 1. The van der Waals surface area contributed by atoms with E-state index in [9.17, 15) is 22.8 Å². The van der Waals surface area contributed by atoms with Gasteiger partial charge in [0.2, 0.25) is 10.0 Å². The molecule has 0 aliphatic heterocycles. The average Bonchev–Trinajstić information content (AvgIpc) is 2.51. The fraction of sp³-hybridized carbons (Fsp3) is 0.154. The molecule has 1 aromatic heterocycles. The summed E-state index contributed by atoms with van der Waals surface area (Å²) in [6, 6.07) is 3.03. The predicted molar refractivity (Wildman–Crippen MR) is 89.9 cm³/mol. The maximum atomic E-state index is 12.3. The fourth-order valence-corrected chi connectivity index (χ4v) is 3.71. The molecule has 25 heavy (non-hydrogen) atoms. The first kappa shape index (κ1) is 19.2. The Morgan fingerprint density at radius 2 is 1.96 bits per heavy atom. The second-order valence-electron chi connectivity index (χ2n) is 4.78. The fourth-order valence-electron chi connectivity index (χ4n) is 1.88. The quantitative estimate of drug-likeness (QED) is 0.637. The smallest absolute Gasteiger partial charge is 0.335 e. The number of hydrogen-bond donors (Lipinski definition) is 3. The maximum Gasteiger partial charge on any atom is 0.335 e. The van der Waals surface area contributed by atoms with Crippen molar-refractivity contribution in [1.29, 1.82) is 0 Å². The molecule has 0 bridgehead atoms. The molecule has 2 rings (SSSR count). The third-order valence-electron chi connectivity index (χ3n) is 3.07. The molecule has 0 saturated carbocycles. The topological polar surface area (TPSA) is 138 Å². The van der Waals surface area contributed by atoms with Gasteiger partial charge in [0.1, 0.15) is 4.90 Å². The largest absolute Gasteiger partial charge is 0.478 e. The van der Waals surface area contributed by atoms with Gasteiger partial charge in [-0.05, 0) is 12.1 Å². The van der Waals surface area contributed by atoms with E-state index in [1.165, 1.54) is 6.20 Å². The van der Waals surface area contributed by atoms with Crippen LogP contribution in [-0.2, 0) is 16.6 Å². The number of nitrogens with one attached hydrogen (secondary N) is 2. The lowest BCUT2D eigenvalue weighted by Gasteiger charge is -2.11. The normalized spacial score (nSPS) is 11.4. The van der Waals surface area contributed by atoms with Crippen molar-refractivity contribution in [2.45, 2.75) is 11.4 Å². The van der Waals surface area contributed by atoms with Gasteiger partial charge >= 0.3 is 11.7 Å². The lowest BCUT2D eigenvalue weighted by molar-refractivity contribution is 0.0696. The summed E-state index contributed by atoms with van der Waals surface area (Å²) in [7, 11) is -4.18. The Labute approximate surface area is 150 Å². The zero-order valence-electron chi connectivity index (χ0n) is 12.3. The first-order valence-corrected chi connectivity index (χ1v) is 8.87. The minimum atomic E-state index is -4.18. The van der Waals surface area contributed by atoms with Crippen LogP contribution >= 0.6 is 23.2 Å². The van der Waals surface area contributed by atoms with E-state index in [2.05, 4.69) is 4.72 Å². The van der Waals surface area contributed by atoms with Gasteiger partial charge < -0.3 is 5.11 Å². The van der Waals surface area contributed by atoms with Crippen molar-refractivity contribution >= 4 is 39.2 Å². The number of carbonyl (C=O) groups is 1. The van der Waals surface area contributed by atoms with Crippen molar-refractivity contribution in [1.82, 2.24) is 14.3 Å². The molecule has 0 fully saturated rings. The summed E-state index contributed by atoms with van der Waals surface area (Å²) in [5.74, 6) is -1.37. The molecular formula is C13H11Cl2N3O6S. The van der Waals surface area contributed by atoms with Crippen molar-refractivity contribution in [3.05, 3.63) is 60.8 Å². The van der Waals surface area contributed by atoms with E-state index in [-0.39, 0.29) is 28.7 Å². The maximum absolute atomic E-state index is 12.3. The number of aromatic nitrogens is 2. The molecule has 3 N–H and O–H groups in total. The van der Waals surface area contributed by atoms with Crippen molar-refractivity contribution in [2.24, 2.45) is 0 Å². The highest BCUT2D eigenvalue weighted by Crippen LogP contribution is 2.30. The van der Waals surface area contributed by atoms with E-state index < -0.39 is 32.1 Å². The second kappa shape index (κ2) is 7.40. The standard InChI is InChI=1S/C13H11Cl2N3O6S/c14-8-5-7(12(20)21)6-9(11(8)15)25(23,24)16-2-4-18-3-1-10(19)17-13(18)22/h1,3,5-6,16H,2,4H2,(H,20,21)(H,17,19,22). The predicted octanol–water partition coefficient (Wildman–Crippen LogP) is 0.520. The highest BCUT2D eigenvalue weighted by Gasteiger charge is 2.22. The summed E-state index contributed by atoms with van der Waals surface area (Å²) in [4.78, 5) is 35.0. The highest BCUT2D eigenvalue weighted by atomic mass is 35.5. The van der Waals surface area contributed by atoms with Gasteiger partial charge in [-0.2, -0.15) is 0 Å². The van der Waals surface area contributed by atoms with Gasteiger partial charge in [0.25, 0.3) is 5.56 Å². The highest BCUT2D eigenvalue weighted by molar-refractivity contribution is 7.89. The van der Waals surface area contributed by atoms with E-state index in [0.29, 0.717) is 0 Å². The Bertz CT molecular complexity index is 1040. The van der Waals surface area contributed by atoms with Crippen LogP contribution in [0.1, 0.15) is 10.4 Å². The third-order valence-corrected chi connectivity index (χ3v) is 5.47. The number of rotatable bonds is 6. The van der Waals surface area contributed by atoms with E-state index in [0.717, 1.165) is 22.8 Å². The van der Waals surface area contributed by atoms with Gasteiger partial charge in [-0.15, -0.1) is 0 Å². The third kappa shape index (κ3) is 4.48. The average molecular weight is 408 g/mol. The van der Waals surface area contributed by atoms with Gasteiger partial charge in [-0.25, -0.2) is 22.7 Å². The molecule has 1 aromatic carbocycles. The summed E-state index contributed by atoms with van der Waals surface area (Å²) < 4.78 is 27.9. The van der Waals surface area contributed by atoms with Crippen LogP contribution in [-0.4, -0.2) is 35.6 Å². The second-order valence-corrected chi connectivity index (χ2v) is 7.30. The van der Waals surface area contributed by atoms with Crippen LogP contribution in [0.5, 0.6) is 0 Å². The molecule has 0 spiro atoms. The first-order valence-electron chi connectivity index (χ1n) is 6.63. The van der Waals surface area contributed by atoms with Gasteiger partial charge in [0, 0.05) is 25.4 Å². The molecule has 12 heteroatoms. The number of halogens is 2. The van der Waals surface area contributed by atoms with Crippen LogP contribution in [0.4, 0.5) is 0 Å². The van der Waals surface area contributed by atoms with Crippen molar-refractivity contribution in [2.75, 3.05) is 6.54 Å². The molecule has 0 unspecified atom stereocenters. The van der Waals surface area contributed by atoms with Crippen LogP contribution < -0.4 is 16.0 Å². The number of carboxylic acids is 1. The summed E-state index contributed by atoms with van der Waals surface area (Å²) in [6.07, 6.45) is 1.21. The number of H-pyrrole nitrogens is 1. The van der Waals surface area contributed by atoms with Gasteiger partial charge in [-0.1, -0.05) is 23.2 Å². The molecule has 0 amide bonds. The number of benzene rings is 1. The molecule has 0 atom stereocenters. The molecule has 134 valence electrons. The minimum absolute atomic E-state index is 0.0706. The van der Waals surface area contributed by atoms with E-state index >= 15 is 0 Å². The Morgan fingerprint density at radius 1 is 1.28 bits per heavy atom. The summed E-state index contributed by atoms with van der Waals surface area (Å²) in [5.41, 5.74) is -1.61. The van der Waals surface area contributed by atoms with E-state index in [1.807, 2.05) is 4.98 Å². The molecule has 1 heterocycles. The summed E-state index contributed by atoms with van der Waals surface area (Å²) in [6.45, 7) is -0.279. The summed E-state index contributed by atoms with van der Waals surface area (Å²) in [5, 5.41) is 8.44. The molecule has 0 aliphatic rings.